The van der Waals surface area contributed by atoms with Gasteiger partial charge in [0.05, 0.1) is 5.75 Å². The molecule has 0 aromatic carbocycles. The minimum Gasteiger partial charge on any atom is -0.480 e. The predicted molar refractivity (Wildman–Crippen MR) is 77.2 cm³/mol. The summed E-state index contributed by atoms with van der Waals surface area (Å²) < 4.78 is 26.9. The third-order valence-corrected chi connectivity index (χ3v) is 7.12. The smallest absolute Gasteiger partial charge is 0.321 e. The first kappa shape index (κ1) is 16.4. The average molecular weight is 317 g/mol. The van der Waals surface area contributed by atoms with Gasteiger partial charge in [-0.3, -0.25) is 9.59 Å². The van der Waals surface area contributed by atoms with Crippen LogP contribution in [0, 0.1) is 16.7 Å². The van der Waals surface area contributed by atoms with Crippen LogP contribution in [0.4, 0.5) is 0 Å². The fourth-order valence-electron chi connectivity index (χ4n) is 4.00. The van der Waals surface area contributed by atoms with Crippen LogP contribution in [0.3, 0.4) is 0 Å². The molecule has 6 nitrogen and oxygen atoms in total. The van der Waals surface area contributed by atoms with E-state index >= 15 is 0 Å². The van der Waals surface area contributed by atoms with Gasteiger partial charge in [-0.1, -0.05) is 20.8 Å². The van der Waals surface area contributed by atoms with Gasteiger partial charge in [-0.15, -0.1) is 0 Å². The lowest BCUT2D eigenvalue weighted by molar-refractivity contribution is -0.139. The molecule has 0 amide bonds. The molecule has 0 saturated heterocycles. The SMILES string of the molecule is CCC(NS(=O)(=O)CC12CCC(CC1=O)C2(C)C)C(=O)O. The molecule has 2 saturated carbocycles. The summed E-state index contributed by atoms with van der Waals surface area (Å²) in [5.74, 6) is -1.24. The average Bonchev–Trinajstić information content (AvgIpc) is 2.69. The maximum absolute atomic E-state index is 12.3. The van der Waals surface area contributed by atoms with E-state index in [4.69, 9.17) is 5.11 Å². The quantitative estimate of drug-likeness (QED) is 0.765. The van der Waals surface area contributed by atoms with Gasteiger partial charge in [0.25, 0.3) is 0 Å². The second-order valence-corrected chi connectivity index (χ2v) is 8.60. The van der Waals surface area contributed by atoms with Crippen LogP contribution in [-0.2, 0) is 19.6 Å². The molecule has 0 heterocycles. The summed E-state index contributed by atoms with van der Waals surface area (Å²) in [4.78, 5) is 23.3. The van der Waals surface area contributed by atoms with Gasteiger partial charge in [-0.2, -0.15) is 0 Å². The molecule has 3 atom stereocenters. The fourth-order valence-corrected chi connectivity index (χ4v) is 6.11. The first-order valence-corrected chi connectivity index (χ1v) is 8.97. The second-order valence-electron chi connectivity index (χ2n) is 6.84. The number of rotatable bonds is 6. The molecule has 120 valence electrons. The lowest BCUT2D eigenvalue weighted by Gasteiger charge is -2.36. The summed E-state index contributed by atoms with van der Waals surface area (Å²) in [5, 5.41) is 8.99. The molecule has 3 unspecified atom stereocenters. The third-order valence-electron chi connectivity index (χ3n) is 5.60. The van der Waals surface area contributed by atoms with Crippen molar-refractivity contribution in [2.45, 2.75) is 52.5 Å². The molecule has 2 bridgehead atoms. The first-order chi connectivity index (χ1) is 9.56. The normalized spacial score (nSPS) is 32.3. The van der Waals surface area contributed by atoms with Gasteiger partial charge in [0, 0.05) is 11.8 Å². The Morgan fingerprint density at radius 1 is 1.48 bits per heavy atom. The van der Waals surface area contributed by atoms with Crippen LogP contribution < -0.4 is 4.72 Å². The van der Waals surface area contributed by atoms with E-state index in [1.54, 1.807) is 6.92 Å². The molecule has 0 aromatic heterocycles. The van der Waals surface area contributed by atoms with E-state index in [-0.39, 0.29) is 29.3 Å². The molecular weight excluding hydrogens is 294 g/mol. The zero-order valence-electron chi connectivity index (χ0n) is 12.7. The van der Waals surface area contributed by atoms with Gasteiger partial charge in [0.15, 0.2) is 0 Å². The molecule has 2 N–H and O–H groups in total. The van der Waals surface area contributed by atoms with Crippen molar-refractivity contribution >= 4 is 21.8 Å². The van der Waals surface area contributed by atoms with Crippen LogP contribution in [0.25, 0.3) is 0 Å². The lowest BCUT2D eigenvalue weighted by Crippen LogP contribution is -2.49. The lowest BCUT2D eigenvalue weighted by atomic mass is 9.70. The number of ketones is 1. The van der Waals surface area contributed by atoms with Crippen molar-refractivity contribution in [2.75, 3.05) is 5.75 Å². The van der Waals surface area contributed by atoms with Gasteiger partial charge in [-0.25, -0.2) is 13.1 Å². The van der Waals surface area contributed by atoms with Crippen molar-refractivity contribution < 1.29 is 23.1 Å². The topological polar surface area (TPSA) is 101 Å². The Balaban J connectivity index is 2.24. The second kappa shape index (κ2) is 5.05. The van der Waals surface area contributed by atoms with Crippen molar-refractivity contribution in [3.8, 4) is 0 Å². The van der Waals surface area contributed by atoms with Crippen LogP contribution in [0.15, 0.2) is 0 Å². The number of carboxylic acids is 1. The van der Waals surface area contributed by atoms with Gasteiger partial charge < -0.3 is 5.11 Å². The van der Waals surface area contributed by atoms with Crippen LogP contribution in [-0.4, -0.2) is 37.1 Å². The van der Waals surface area contributed by atoms with E-state index in [1.165, 1.54) is 0 Å². The minimum absolute atomic E-state index is 0.0116. The Morgan fingerprint density at radius 2 is 2.10 bits per heavy atom. The number of hydrogen-bond acceptors (Lipinski definition) is 4. The number of fused-ring (bicyclic) bond motifs is 2. The maximum Gasteiger partial charge on any atom is 0.321 e. The van der Waals surface area contributed by atoms with Crippen molar-refractivity contribution in [2.24, 2.45) is 16.7 Å². The Bertz CT molecular complexity index is 568. The standard InChI is InChI=1S/C14H23NO5S/c1-4-10(12(17)18)15-21(19,20)8-14-6-5-9(7-11(14)16)13(14,2)3/h9-10,15H,4-8H2,1-3H3,(H,17,18). The first-order valence-electron chi connectivity index (χ1n) is 7.32. The van der Waals surface area contributed by atoms with Crippen LogP contribution in [0.1, 0.15) is 46.5 Å². The number of carbonyl (C=O) groups excluding carboxylic acids is 1. The van der Waals surface area contributed by atoms with Gasteiger partial charge in [0.1, 0.15) is 11.8 Å². The van der Waals surface area contributed by atoms with E-state index < -0.39 is 27.4 Å². The summed E-state index contributed by atoms with van der Waals surface area (Å²) in [7, 11) is -3.82. The van der Waals surface area contributed by atoms with Gasteiger partial charge in [-0.05, 0) is 30.6 Å². The molecule has 2 fully saturated rings. The number of sulfonamides is 1. The van der Waals surface area contributed by atoms with Crippen molar-refractivity contribution in [1.29, 1.82) is 0 Å². The highest BCUT2D eigenvalue weighted by Gasteiger charge is 2.65. The molecular formula is C14H23NO5S. The summed E-state index contributed by atoms with van der Waals surface area (Å²) in [6, 6.07) is -1.14. The maximum atomic E-state index is 12.3. The molecule has 2 aliphatic rings. The molecule has 21 heavy (non-hydrogen) atoms. The van der Waals surface area contributed by atoms with Crippen molar-refractivity contribution in [3.05, 3.63) is 0 Å². The summed E-state index contributed by atoms with van der Waals surface area (Å²) >= 11 is 0. The van der Waals surface area contributed by atoms with E-state index in [9.17, 15) is 18.0 Å². The highest BCUT2D eigenvalue weighted by molar-refractivity contribution is 7.89. The van der Waals surface area contributed by atoms with Gasteiger partial charge >= 0.3 is 5.97 Å². The zero-order chi connectivity index (χ0) is 16.1. The zero-order valence-corrected chi connectivity index (χ0v) is 13.5. The largest absolute Gasteiger partial charge is 0.480 e. The molecule has 0 spiro atoms. The summed E-state index contributed by atoms with van der Waals surface area (Å²) in [6.45, 7) is 5.52. The Morgan fingerprint density at radius 3 is 2.48 bits per heavy atom. The number of carbonyl (C=O) groups is 2. The fraction of sp³-hybridized carbons (Fsp3) is 0.857. The van der Waals surface area contributed by atoms with Crippen molar-refractivity contribution in [1.82, 2.24) is 4.72 Å². The van der Waals surface area contributed by atoms with Crippen LogP contribution >= 0.6 is 0 Å². The van der Waals surface area contributed by atoms with E-state index in [0.717, 1.165) is 6.42 Å². The van der Waals surface area contributed by atoms with Gasteiger partial charge in [0.2, 0.25) is 10.0 Å². The third kappa shape index (κ3) is 2.50. The Labute approximate surface area is 125 Å². The summed E-state index contributed by atoms with van der Waals surface area (Å²) in [5.41, 5.74) is -1.20. The van der Waals surface area contributed by atoms with E-state index in [2.05, 4.69) is 4.72 Å². The summed E-state index contributed by atoms with van der Waals surface area (Å²) in [6.07, 6.45) is 2.05. The van der Waals surface area contributed by atoms with Crippen LogP contribution in [0.2, 0.25) is 0 Å². The number of aliphatic carboxylic acids is 1. The molecule has 2 rings (SSSR count). The number of nitrogens with one attached hydrogen (secondary N) is 1. The Hall–Kier alpha value is -0.950. The predicted octanol–water partition coefficient (Wildman–Crippen LogP) is 1.16. The number of Topliss-reactive ketones (excluding diaryl/α,β-unsaturated/α-hetero) is 1. The van der Waals surface area contributed by atoms with E-state index in [1.807, 2.05) is 13.8 Å². The molecule has 0 aliphatic heterocycles. The Kier molecular flexibility index (Phi) is 3.95. The molecule has 0 radical (unpaired) electrons. The number of hydrogen-bond donors (Lipinski definition) is 2. The van der Waals surface area contributed by atoms with Crippen molar-refractivity contribution in [3.63, 3.8) is 0 Å². The minimum atomic E-state index is -3.82. The molecule has 2 aliphatic carbocycles. The highest BCUT2D eigenvalue weighted by Crippen LogP contribution is 2.64. The highest BCUT2D eigenvalue weighted by atomic mass is 32.2. The monoisotopic (exact) mass is 317 g/mol. The van der Waals surface area contributed by atoms with Crippen LogP contribution in [0.5, 0.6) is 0 Å². The van der Waals surface area contributed by atoms with E-state index in [0.29, 0.717) is 12.8 Å². The molecule has 7 heteroatoms. The molecule has 0 aromatic rings. The number of carboxylic acid groups (broad SMARTS) is 1.